The van der Waals surface area contributed by atoms with Crippen molar-refractivity contribution in [1.29, 1.82) is 0 Å². The Bertz CT molecular complexity index is 458. The van der Waals surface area contributed by atoms with E-state index in [9.17, 15) is 4.79 Å². The van der Waals surface area contributed by atoms with Crippen LogP contribution in [-0.2, 0) is 14.9 Å². The molecule has 1 aliphatic rings. The zero-order valence-corrected chi connectivity index (χ0v) is 13.2. The standard InChI is InChI=1S/C15H26N4O2/c1-15(2,3)12-10-13(19-18-12)17-14(20)6-9-21-11-4-7-16-8-5-11/h10-11,16H,4-9H2,1-3H3,(H2,17,18,19,20). The minimum absolute atomic E-state index is 0.00585. The average Bonchev–Trinajstić information content (AvgIpc) is 2.88. The van der Waals surface area contributed by atoms with E-state index in [0.717, 1.165) is 31.6 Å². The first-order valence-corrected chi connectivity index (χ1v) is 7.63. The fourth-order valence-corrected chi connectivity index (χ4v) is 2.26. The van der Waals surface area contributed by atoms with Crippen molar-refractivity contribution in [2.45, 2.75) is 51.6 Å². The number of aromatic amines is 1. The number of H-pyrrole nitrogens is 1. The summed E-state index contributed by atoms with van der Waals surface area (Å²) in [4.78, 5) is 11.9. The number of aromatic nitrogens is 2. The van der Waals surface area contributed by atoms with Crippen molar-refractivity contribution >= 4 is 11.7 Å². The molecule has 0 aromatic carbocycles. The number of hydrogen-bond donors (Lipinski definition) is 3. The zero-order valence-electron chi connectivity index (χ0n) is 13.2. The third-order valence-corrected chi connectivity index (χ3v) is 3.62. The lowest BCUT2D eigenvalue weighted by Crippen LogP contribution is -2.33. The zero-order chi connectivity index (χ0) is 15.3. The van der Waals surface area contributed by atoms with E-state index in [2.05, 4.69) is 41.6 Å². The molecule has 1 aliphatic heterocycles. The summed E-state index contributed by atoms with van der Waals surface area (Å²) in [5.41, 5.74) is 0.998. The first-order chi connectivity index (χ1) is 9.95. The number of rotatable bonds is 5. The van der Waals surface area contributed by atoms with E-state index in [1.54, 1.807) is 0 Å². The normalized spacial score (nSPS) is 16.9. The lowest BCUT2D eigenvalue weighted by molar-refractivity contribution is -0.117. The summed E-state index contributed by atoms with van der Waals surface area (Å²) >= 11 is 0. The van der Waals surface area contributed by atoms with Gasteiger partial charge in [-0.3, -0.25) is 9.89 Å². The largest absolute Gasteiger partial charge is 0.378 e. The van der Waals surface area contributed by atoms with Crippen molar-refractivity contribution in [2.75, 3.05) is 25.0 Å². The first kappa shape index (κ1) is 16.0. The molecular weight excluding hydrogens is 268 g/mol. The van der Waals surface area contributed by atoms with Gasteiger partial charge in [0.2, 0.25) is 5.91 Å². The molecule has 1 aromatic rings. The lowest BCUT2D eigenvalue weighted by Gasteiger charge is -2.22. The van der Waals surface area contributed by atoms with Crippen LogP contribution in [0.3, 0.4) is 0 Å². The Morgan fingerprint density at radius 3 is 2.76 bits per heavy atom. The van der Waals surface area contributed by atoms with Gasteiger partial charge in [0.25, 0.3) is 0 Å². The third-order valence-electron chi connectivity index (χ3n) is 3.62. The summed E-state index contributed by atoms with van der Waals surface area (Å²) in [5.74, 6) is 0.516. The van der Waals surface area contributed by atoms with Crippen LogP contribution in [0, 0.1) is 0 Å². The molecule has 0 unspecified atom stereocenters. The van der Waals surface area contributed by atoms with Crippen LogP contribution in [0.1, 0.15) is 45.7 Å². The topological polar surface area (TPSA) is 79.0 Å². The van der Waals surface area contributed by atoms with Crippen molar-refractivity contribution in [3.63, 3.8) is 0 Å². The average molecular weight is 294 g/mol. The molecule has 1 fully saturated rings. The quantitative estimate of drug-likeness (QED) is 0.774. The Balaban J connectivity index is 1.70. The molecule has 1 aromatic heterocycles. The number of amides is 1. The molecule has 6 heteroatoms. The second kappa shape index (κ2) is 7.04. The van der Waals surface area contributed by atoms with E-state index in [-0.39, 0.29) is 17.4 Å². The van der Waals surface area contributed by atoms with Gasteiger partial charge in [0.1, 0.15) is 0 Å². The van der Waals surface area contributed by atoms with E-state index < -0.39 is 0 Å². The fraction of sp³-hybridized carbons (Fsp3) is 0.733. The second-order valence-electron chi connectivity index (χ2n) is 6.54. The molecule has 2 heterocycles. The maximum Gasteiger partial charge on any atom is 0.227 e. The number of carbonyl (C=O) groups excluding carboxylic acids is 1. The Kier molecular flexibility index (Phi) is 5.36. The maximum atomic E-state index is 11.9. The molecule has 0 spiro atoms. The summed E-state index contributed by atoms with van der Waals surface area (Å²) in [6.07, 6.45) is 2.70. The van der Waals surface area contributed by atoms with Crippen molar-refractivity contribution in [3.05, 3.63) is 11.8 Å². The Hall–Kier alpha value is -1.40. The van der Waals surface area contributed by atoms with E-state index in [0.29, 0.717) is 18.8 Å². The molecule has 0 atom stereocenters. The summed E-state index contributed by atoms with van der Waals surface area (Å²) in [6, 6.07) is 1.88. The number of ether oxygens (including phenoxy) is 1. The van der Waals surface area contributed by atoms with Crippen molar-refractivity contribution in [3.8, 4) is 0 Å². The van der Waals surface area contributed by atoms with Gasteiger partial charge >= 0.3 is 0 Å². The van der Waals surface area contributed by atoms with E-state index in [4.69, 9.17) is 4.74 Å². The molecule has 21 heavy (non-hydrogen) atoms. The summed E-state index contributed by atoms with van der Waals surface area (Å²) < 4.78 is 5.72. The molecule has 2 rings (SSSR count). The molecule has 6 nitrogen and oxygen atoms in total. The van der Waals surface area contributed by atoms with Crippen LogP contribution >= 0.6 is 0 Å². The van der Waals surface area contributed by atoms with E-state index in [1.165, 1.54) is 0 Å². The minimum atomic E-state index is -0.0594. The predicted molar refractivity (Wildman–Crippen MR) is 82.4 cm³/mol. The van der Waals surface area contributed by atoms with E-state index >= 15 is 0 Å². The van der Waals surface area contributed by atoms with Crippen LogP contribution in [0.4, 0.5) is 5.82 Å². The van der Waals surface area contributed by atoms with Crippen molar-refractivity contribution < 1.29 is 9.53 Å². The molecular formula is C15H26N4O2. The number of anilines is 1. The molecule has 1 amide bonds. The summed E-state index contributed by atoms with van der Waals surface area (Å²) in [5, 5.41) is 13.2. The van der Waals surface area contributed by atoms with Crippen molar-refractivity contribution in [1.82, 2.24) is 15.5 Å². The molecule has 118 valence electrons. The molecule has 0 bridgehead atoms. The molecule has 0 saturated carbocycles. The van der Waals surface area contributed by atoms with Gasteiger partial charge in [0.05, 0.1) is 19.1 Å². The molecule has 3 N–H and O–H groups in total. The smallest absolute Gasteiger partial charge is 0.227 e. The van der Waals surface area contributed by atoms with Crippen LogP contribution < -0.4 is 10.6 Å². The van der Waals surface area contributed by atoms with Gasteiger partial charge in [-0.05, 0) is 25.9 Å². The number of piperidine rings is 1. The van der Waals surface area contributed by atoms with Crippen LogP contribution in [0.5, 0.6) is 0 Å². The lowest BCUT2D eigenvalue weighted by atomic mass is 9.92. The van der Waals surface area contributed by atoms with Crippen LogP contribution in [0.2, 0.25) is 0 Å². The molecule has 0 radical (unpaired) electrons. The van der Waals surface area contributed by atoms with Gasteiger partial charge in [-0.2, -0.15) is 5.10 Å². The Labute approximate surface area is 126 Å². The van der Waals surface area contributed by atoms with Crippen LogP contribution in [0.15, 0.2) is 6.07 Å². The fourth-order valence-electron chi connectivity index (χ4n) is 2.26. The highest BCUT2D eigenvalue weighted by Gasteiger charge is 2.18. The number of nitrogens with one attached hydrogen (secondary N) is 3. The highest BCUT2D eigenvalue weighted by Crippen LogP contribution is 2.21. The van der Waals surface area contributed by atoms with Crippen molar-refractivity contribution in [2.24, 2.45) is 0 Å². The summed E-state index contributed by atoms with van der Waals surface area (Å²) in [6.45, 7) is 8.75. The van der Waals surface area contributed by atoms with Gasteiger partial charge in [0, 0.05) is 17.2 Å². The Morgan fingerprint density at radius 2 is 2.14 bits per heavy atom. The second-order valence-corrected chi connectivity index (χ2v) is 6.54. The minimum Gasteiger partial charge on any atom is -0.378 e. The highest BCUT2D eigenvalue weighted by molar-refractivity contribution is 5.89. The highest BCUT2D eigenvalue weighted by atomic mass is 16.5. The SMILES string of the molecule is CC(C)(C)c1cc(NC(=O)CCOC2CCNCC2)n[nH]1. The van der Waals surface area contributed by atoms with Gasteiger partial charge < -0.3 is 15.4 Å². The predicted octanol–water partition coefficient (Wildman–Crippen LogP) is 1.80. The van der Waals surface area contributed by atoms with Gasteiger partial charge in [0.15, 0.2) is 5.82 Å². The van der Waals surface area contributed by atoms with Gasteiger partial charge in [-0.25, -0.2) is 0 Å². The molecule has 1 saturated heterocycles. The third kappa shape index (κ3) is 5.13. The number of nitrogens with zero attached hydrogens (tertiary/aromatic N) is 1. The summed E-state index contributed by atoms with van der Waals surface area (Å²) in [7, 11) is 0. The van der Waals surface area contributed by atoms with E-state index in [1.807, 2.05) is 6.07 Å². The Morgan fingerprint density at radius 1 is 1.43 bits per heavy atom. The van der Waals surface area contributed by atoms with Crippen LogP contribution in [-0.4, -0.2) is 41.9 Å². The first-order valence-electron chi connectivity index (χ1n) is 7.63. The van der Waals surface area contributed by atoms with Gasteiger partial charge in [-0.1, -0.05) is 20.8 Å². The van der Waals surface area contributed by atoms with Crippen LogP contribution in [0.25, 0.3) is 0 Å². The molecule has 0 aliphatic carbocycles. The number of hydrogen-bond acceptors (Lipinski definition) is 4. The monoisotopic (exact) mass is 294 g/mol. The van der Waals surface area contributed by atoms with Gasteiger partial charge in [-0.15, -0.1) is 0 Å². The number of carbonyl (C=O) groups is 1. The maximum absolute atomic E-state index is 11.9.